The van der Waals surface area contributed by atoms with E-state index in [2.05, 4.69) is 32.7 Å². The van der Waals surface area contributed by atoms with Crippen LogP contribution in [0.1, 0.15) is 60.3 Å². The van der Waals surface area contributed by atoms with Crippen LogP contribution in [0.3, 0.4) is 0 Å². The maximum Gasteiger partial charge on any atom is 0.416 e. The molecule has 214 valence electrons. The third kappa shape index (κ3) is 10.6. The predicted molar refractivity (Wildman–Crippen MR) is 145 cm³/mol. The van der Waals surface area contributed by atoms with Gasteiger partial charge in [-0.1, -0.05) is 23.8 Å². The Morgan fingerprint density at radius 1 is 0.974 bits per heavy atom. The van der Waals surface area contributed by atoms with E-state index in [1.807, 2.05) is 46.8 Å². The number of aryl methyl sites for hydroxylation is 2. The van der Waals surface area contributed by atoms with Crippen molar-refractivity contribution in [2.45, 2.75) is 65.8 Å². The van der Waals surface area contributed by atoms with Crippen molar-refractivity contribution >= 4 is 23.4 Å². The summed E-state index contributed by atoms with van der Waals surface area (Å²) in [5, 5.41) is 13.7. The van der Waals surface area contributed by atoms with Gasteiger partial charge in [0.2, 0.25) is 11.8 Å². The lowest BCUT2D eigenvalue weighted by Gasteiger charge is -2.26. The lowest BCUT2D eigenvalue weighted by atomic mass is 10.1. The number of anilines is 1. The van der Waals surface area contributed by atoms with Crippen molar-refractivity contribution in [3.05, 3.63) is 64.2 Å². The number of hydrogen-bond donors (Lipinski definition) is 5. The van der Waals surface area contributed by atoms with Crippen LogP contribution in [-0.4, -0.2) is 48.9 Å². The van der Waals surface area contributed by atoms with Crippen molar-refractivity contribution in [3.8, 4) is 0 Å². The highest BCUT2D eigenvalue weighted by Crippen LogP contribution is 2.32. The zero-order valence-corrected chi connectivity index (χ0v) is 23.2. The highest BCUT2D eigenvalue weighted by atomic mass is 19.4. The molecular formula is C28H38F3N5O3. The monoisotopic (exact) mass is 549 g/mol. The van der Waals surface area contributed by atoms with Crippen LogP contribution in [0.15, 0.2) is 36.4 Å². The summed E-state index contributed by atoms with van der Waals surface area (Å²) in [7, 11) is 0. The molecule has 0 aromatic heterocycles. The number of hydrogen-bond acceptors (Lipinski definition) is 5. The standard InChI is InChI=1S/C28H38F3N5O3/c1-7-33-22-12-20(11-21(13-22)28(29,30)31)25(38)34-16-24(37)35-23(26(39)36-27(4,5)6)15-32-14-19-9-8-17(2)10-18(19)3/h8-13,23,32-33H,7,14-16H2,1-6H3,(H,34,38)(H,35,37)(H,36,39)/t23-/m0/s1. The fourth-order valence-electron chi connectivity index (χ4n) is 3.80. The molecular weight excluding hydrogens is 511 g/mol. The third-order valence-electron chi connectivity index (χ3n) is 5.62. The molecule has 2 aromatic rings. The molecule has 0 heterocycles. The van der Waals surface area contributed by atoms with Gasteiger partial charge < -0.3 is 26.6 Å². The second-order valence-electron chi connectivity index (χ2n) is 10.4. The average molecular weight is 550 g/mol. The fraction of sp³-hybridized carbons (Fsp3) is 0.464. The second-order valence-corrected chi connectivity index (χ2v) is 10.4. The van der Waals surface area contributed by atoms with Gasteiger partial charge in [-0.3, -0.25) is 14.4 Å². The van der Waals surface area contributed by atoms with E-state index in [1.54, 1.807) is 6.92 Å². The van der Waals surface area contributed by atoms with Crippen LogP contribution in [0.2, 0.25) is 0 Å². The molecule has 5 N–H and O–H groups in total. The quantitative estimate of drug-likeness (QED) is 0.294. The van der Waals surface area contributed by atoms with Crippen LogP contribution in [-0.2, 0) is 22.3 Å². The normalized spacial score (nSPS) is 12.4. The van der Waals surface area contributed by atoms with Crippen molar-refractivity contribution in [2.24, 2.45) is 0 Å². The zero-order valence-electron chi connectivity index (χ0n) is 23.2. The van der Waals surface area contributed by atoms with Gasteiger partial charge in [-0.25, -0.2) is 0 Å². The van der Waals surface area contributed by atoms with Gasteiger partial charge in [0.1, 0.15) is 6.04 Å². The number of halogens is 3. The van der Waals surface area contributed by atoms with E-state index in [-0.39, 0.29) is 17.8 Å². The van der Waals surface area contributed by atoms with Gasteiger partial charge in [-0.2, -0.15) is 13.2 Å². The van der Waals surface area contributed by atoms with Crippen LogP contribution in [0, 0.1) is 13.8 Å². The SMILES string of the molecule is CCNc1cc(C(=O)NCC(=O)N[C@@H](CNCc2ccc(C)cc2C)C(=O)NC(C)(C)C)cc(C(F)(F)F)c1. The molecule has 1 atom stereocenters. The highest BCUT2D eigenvalue weighted by Gasteiger charge is 2.32. The van der Waals surface area contributed by atoms with E-state index in [1.165, 1.54) is 6.07 Å². The maximum absolute atomic E-state index is 13.3. The molecule has 0 unspecified atom stereocenters. The first kappa shape index (κ1) is 31.6. The Balaban J connectivity index is 2.06. The van der Waals surface area contributed by atoms with Gasteiger partial charge in [0.05, 0.1) is 12.1 Å². The average Bonchev–Trinajstić information content (AvgIpc) is 2.81. The van der Waals surface area contributed by atoms with Crippen molar-refractivity contribution < 1.29 is 27.6 Å². The third-order valence-corrected chi connectivity index (χ3v) is 5.62. The lowest BCUT2D eigenvalue weighted by molar-refractivity contribution is -0.137. The molecule has 0 aliphatic heterocycles. The molecule has 11 heteroatoms. The van der Waals surface area contributed by atoms with Gasteiger partial charge in [-0.15, -0.1) is 0 Å². The van der Waals surface area contributed by atoms with E-state index >= 15 is 0 Å². The topological polar surface area (TPSA) is 111 Å². The van der Waals surface area contributed by atoms with Crippen LogP contribution in [0.4, 0.5) is 18.9 Å². The predicted octanol–water partition coefficient (Wildman–Crippen LogP) is 3.67. The second kappa shape index (κ2) is 13.5. The summed E-state index contributed by atoms with van der Waals surface area (Å²) in [5.41, 5.74) is 1.64. The van der Waals surface area contributed by atoms with E-state index in [0.717, 1.165) is 28.8 Å². The van der Waals surface area contributed by atoms with Crippen molar-refractivity contribution in [3.63, 3.8) is 0 Å². The molecule has 0 radical (unpaired) electrons. The minimum absolute atomic E-state index is 0.120. The smallest absolute Gasteiger partial charge is 0.385 e. The molecule has 3 amide bonds. The molecule has 2 aromatic carbocycles. The van der Waals surface area contributed by atoms with Gasteiger partial charge >= 0.3 is 6.18 Å². The Labute approximate surface area is 227 Å². The largest absolute Gasteiger partial charge is 0.416 e. The maximum atomic E-state index is 13.3. The number of benzene rings is 2. The molecule has 0 saturated heterocycles. The van der Waals surface area contributed by atoms with Crippen molar-refractivity contribution in [2.75, 3.05) is 25.0 Å². The first-order valence-corrected chi connectivity index (χ1v) is 12.7. The van der Waals surface area contributed by atoms with Crippen LogP contribution in [0.5, 0.6) is 0 Å². The molecule has 2 rings (SSSR count). The summed E-state index contributed by atoms with van der Waals surface area (Å²) in [5.74, 6) is -1.92. The molecule has 0 aliphatic carbocycles. The van der Waals surface area contributed by atoms with E-state index < -0.39 is 47.6 Å². The number of rotatable bonds is 11. The Kier molecular flexibility index (Phi) is 10.9. The molecule has 0 fully saturated rings. The van der Waals surface area contributed by atoms with E-state index in [4.69, 9.17) is 0 Å². The number of carbonyl (C=O) groups is 3. The number of amides is 3. The molecule has 8 nitrogen and oxygen atoms in total. The molecule has 0 saturated carbocycles. The lowest BCUT2D eigenvalue weighted by Crippen LogP contribution is -2.56. The summed E-state index contributed by atoms with van der Waals surface area (Å²) in [6, 6.07) is 8.00. The van der Waals surface area contributed by atoms with Crippen LogP contribution in [0.25, 0.3) is 0 Å². The minimum atomic E-state index is -4.64. The van der Waals surface area contributed by atoms with Gasteiger partial charge in [0, 0.05) is 36.4 Å². The minimum Gasteiger partial charge on any atom is -0.385 e. The van der Waals surface area contributed by atoms with Crippen molar-refractivity contribution in [1.82, 2.24) is 21.3 Å². The van der Waals surface area contributed by atoms with E-state index in [9.17, 15) is 27.6 Å². The number of nitrogens with one attached hydrogen (secondary N) is 5. The molecule has 0 spiro atoms. The molecule has 0 aliphatic rings. The first-order valence-electron chi connectivity index (χ1n) is 12.7. The summed E-state index contributed by atoms with van der Waals surface area (Å²) >= 11 is 0. The van der Waals surface area contributed by atoms with Crippen LogP contribution < -0.4 is 26.6 Å². The Morgan fingerprint density at radius 3 is 2.26 bits per heavy atom. The number of carbonyl (C=O) groups excluding carboxylic acids is 3. The Bertz CT molecular complexity index is 1180. The first-order chi connectivity index (χ1) is 18.1. The van der Waals surface area contributed by atoms with E-state index in [0.29, 0.717) is 13.1 Å². The summed E-state index contributed by atoms with van der Waals surface area (Å²) in [4.78, 5) is 38.1. The summed E-state index contributed by atoms with van der Waals surface area (Å²) in [6.07, 6.45) is -4.64. The highest BCUT2D eigenvalue weighted by molar-refractivity contribution is 5.98. The fourth-order valence-corrected chi connectivity index (χ4v) is 3.80. The summed E-state index contributed by atoms with van der Waals surface area (Å²) < 4.78 is 39.9. The van der Waals surface area contributed by atoms with Gasteiger partial charge in [0.25, 0.3) is 5.91 Å². The molecule has 0 bridgehead atoms. The summed E-state index contributed by atoms with van der Waals surface area (Å²) in [6.45, 7) is 11.6. The van der Waals surface area contributed by atoms with Crippen LogP contribution >= 0.6 is 0 Å². The van der Waals surface area contributed by atoms with Gasteiger partial charge in [-0.05, 0) is 70.9 Å². The zero-order chi connectivity index (χ0) is 29.4. The Hall–Kier alpha value is -3.60. The molecule has 39 heavy (non-hydrogen) atoms. The Morgan fingerprint density at radius 2 is 1.67 bits per heavy atom. The number of alkyl halides is 3. The van der Waals surface area contributed by atoms with Crippen molar-refractivity contribution in [1.29, 1.82) is 0 Å². The van der Waals surface area contributed by atoms with Gasteiger partial charge in [0.15, 0.2) is 0 Å².